The summed E-state index contributed by atoms with van der Waals surface area (Å²) in [5, 5.41) is 22.0. The van der Waals surface area contributed by atoms with E-state index in [9.17, 15) is 5.11 Å². The van der Waals surface area contributed by atoms with Crippen molar-refractivity contribution in [1.29, 1.82) is 5.26 Å². The van der Waals surface area contributed by atoms with E-state index >= 15 is 0 Å². The van der Waals surface area contributed by atoms with Gasteiger partial charge >= 0.3 is 0 Å². The van der Waals surface area contributed by atoms with Gasteiger partial charge in [0.15, 0.2) is 0 Å². The first-order valence-corrected chi connectivity index (χ1v) is 5.24. The Morgan fingerprint density at radius 3 is 2.94 bits per heavy atom. The van der Waals surface area contributed by atoms with Crippen LogP contribution in [0, 0.1) is 11.3 Å². The predicted octanol–water partition coefficient (Wildman–Crippen LogP) is -0.438. The van der Waals surface area contributed by atoms with Gasteiger partial charge in [0.25, 0.3) is 5.82 Å². The Hall–Kier alpha value is -1.49. The van der Waals surface area contributed by atoms with Gasteiger partial charge in [0, 0.05) is 7.11 Å². The van der Waals surface area contributed by atoms with Crippen LogP contribution in [0.1, 0.15) is 12.7 Å². The first-order chi connectivity index (χ1) is 8.15. The molecule has 0 bridgehead atoms. The molecule has 7 nitrogen and oxygen atoms in total. The lowest BCUT2D eigenvalue weighted by atomic mass is 10.3. The Kier molecular flexibility index (Phi) is 5.56. The summed E-state index contributed by atoms with van der Waals surface area (Å²) in [5.41, 5.74) is 0. The zero-order valence-corrected chi connectivity index (χ0v) is 9.91. The Bertz CT molecular complexity index is 374. The highest BCUT2D eigenvalue weighted by atomic mass is 16.5. The molecule has 0 radical (unpaired) electrons. The highest BCUT2D eigenvalue weighted by Crippen LogP contribution is 1.97. The van der Waals surface area contributed by atoms with Crippen LogP contribution in [0.2, 0.25) is 0 Å². The van der Waals surface area contributed by atoms with Crippen molar-refractivity contribution in [3.63, 3.8) is 0 Å². The minimum Gasteiger partial charge on any atom is -0.389 e. The van der Waals surface area contributed by atoms with E-state index in [1.54, 1.807) is 7.11 Å². The average molecular weight is 240 g/mol. The Morgan fingerprint density at radius 1 is 1.59 bits per heavy atom. The number of hydrogen-bond donors (Lipinski definition) is 1. The van der Waals surface area contributed by atoms with E-state index in [-0.39, 0.29) is 25.1 Å². The summed E-state index contributed by atoms with van der Waals surface area (Å²) in [4.78, 5) is 3.73. The van der Waals surface area contributed by atoms with E-state index in [2.05, 4.69) is 10.1 Å². The van der Waals surface area contributed by atoms with Crippen molar-refractivity contribution in [2.24, 2.45) is 0 Å². The van der Waals surface area contributed by atoms with E-state index in [1.807, 2.05) is 13.0 Å². The van der Waals surface area contributed by atoms with Gasteiger partial charge in [-0.3, -0.25) is 0 Å². The first kappa shape index (κ1) is 13.6. The zero-order chi connectivity index (χ0) is 12.7. The lowest BCUT2D eigenvalue weighted by molar-refractivity contribution is -0.0364. The number of methoxy groups -OCH3 is 1. The fourth-order valence-corrected chi connectivity index (χ4v) is 1.26. The maximum Gasteiger partial charge on any atom is 0.252 e. The molecule has 0 aromatic carbocycles. The molecule has 1 aromatic heterocycles. The molecule has 1 aromatic rings. The molecular weight excluding hydrogens is 224 g/mol. The molecule has 0 aliphatic carbocycles. The van der Waals surface area contributed by atoms with Gasteiger partial charge < -0.3 is 14.6 Å². The molecule has 1 N–H and O–H groups in total. The van der Waals surface area contributed by atoms with Crippen molar-refractivity contribution in [1.82, 2.24) is 14.8 Å². The number of rotatable bonds is 7. The van der Waals surface area contributed by atoms with Crippen LogP contribution in [-0.2, 0) is 16.0 Å². The summed E-state index contributed by atoms with van der Waals surface area (Å²) >= 11 is 0. The topological polar surface area (TPSA) is 93.2 Å². The maximum atomic E-state index is 9.66. The fraction of sp³-hybridized carbons (Fsp3) is 0.700. The second kappa shape index (κ2) is 6.96. The molecule has 0 fully saturated rings. The van der Waals surface area contributed by atoms with Crippen molar-refractivity contribution in [3.05, 3.63) is 12.2 Å². The standard InChI is InChI=1S/C10H16N4O3/c1-8(5-16-2)17-6-9(15)4-14-7-12-10(3-11)13-14/h7-9,15H,4-6H2,1-2H3. The van der Waals surface area contributed by atoms with E-state index in [0.717, 1.165) is 0 Å². The molecule has 0 aliphatic rings. The maximum absolute atomic E-state index is 9.66. The highest BCUT2D eigenvalue weighted by molar-refractivity contribution is 5.05. The molecule has 1 heterocycles. The zero-order valence-electron chi connectivity index (χ0n) is 9.91. The third kappa shape index (κ3) is 4.91. The SMILES string of the molecule is COCC(C)OCC(O)Cn1cnc(C#N)n1. The monoisotopic (exact) mass is 240 g/mol. The molecule has 7 heteroatoms. The van der Waals surface area contributed by atoms with Crippen LogP contribution >= 0.6 is 0 Å². The van der Waals surface area contributed by atoms with E-state index < -0.39 is 6.10 Å². The molecule has 2 atom stereocenters. The molecule has 0 spiro atoms. The fourth-order valence-electron chi connectivity index (χ4n) is 1.26. The quantitative estimate of drug-likeness (QED) is 0.694. The van der Waals surface area contributed by atoms with Crippen LogP contribution in [0.3, 0.4) is 0 Å². The van der Waals surface area contributed by atoms with Crippen LogP contribution in [0.4, 0.5) is 0 Å². The molecule has 1 rings (SSSR count). The summed E-state index contributed by atoms with van der Waals surface area (Å²) in [5.74, 6) is 0.0888. The van der Waals surface area contributed by atoms with Crippen molar-refractivity contribution in [3.8, 4) is 6.07 Å². The van der Waals surface area contributed by atoms with E-state index in [1.165, 1.54) is 11.0 Å². The number of aromatic nitrogens is 3. The van der Waals surface area contributed by atoms with Gasteiger partial charge in [-0.1, -0.05) is 0 Å². The van der Waals surface area contributed by atoms with Crippen LogP contribution in [0.15, 0.2) is 6.33 Å². The van der Waals surface area contributed by atoms with Crippen molar-refractivity contribution in [2.45, 2.75) is 25.7 Å². The third-order valence-electron chi connectivity index (χ3n) is 2.01. The van der Waals surface area contributed by atoms with Crippen LogP contribution < -0.4 is 0 Å². The Labute approximate surface area is 99.6 Å². The van der Waals surface area contributed by atoms with Crippen LogP contribution in [-0.4, -0.2) is 52.4 Å². The Balaban J connectivity index is 2.29. The average Bonchev–Trinajstić information content (AvgIpc) is 2.74. The number of ether oxygens (including phenoxy) is 2. The molecule has 17 heavy (non-hydrogen) atoms. The van der Waals surface area contributed by atoms with Gasteiger partial charge in [0.1, 0.15) is 12.4 Å². The predicted molar refractivity (Wildman–Crippen MR) is 58.0 cm³/mol. The summed E-state index contributed by atoms with van der Waals surface area (Å²) in [7, 11) is 1.59. The van der Waals surface area contributed by atoms with Gasteiger partial charge in [-0.05, 0) is 6.92 Å². The van der Waals surface area contributed by atoms with Crippen LogP contribution in [0.25, 0.3) is 0 Å². The lowest BCUT2D eigenvalue weighted by Crippen LogP contribution is -2.26. The minimum absolute atomic E-state index is 0.0694. The van der Waals surface area contributed by atoms with Crippen LogP contribution in [0.5, 0.6) is 0 Å². The van der Waals surface area contributed by atoms with Gasteiger partial charge in [0.2, 0.25) is 0 Å². The normalized spacial score (nSPS) is 14.2. The minimum atomic E-state index is -0.692. The summed E-state index contributed by atoms with van der Waals surface area (Å²) < 4.78 is 11.7. The van der Waals surface area contributed by atoms with Crippen molar-refractivity contribution < 1.29 is 14.6 Å². The number of aliphatic hydroxyl groups excluding tert-OH is 1. The highest BCUT2D eigenvalue weighted by Gasteiger charge is 2.10. The van der Waals surface area contributed by atoms with Gasteiger partial charge in [-0.25, -0.2) is 9.67 Å². The molecule has 94 valence electrons. The summed E-state index contributed by atoms with van der Waals surface area (Å²) in [6.45, 7) is 2.77. The molecule has 0 saturated carbocycles. The number of aliphatic hydroxyl groups is 1. The second-order valence-corrected chi connectivity index (χ2v) is 3.66. The first-order valence-electron chi connectivity index (χ1n) is 5.24. The van der Waals surface area contributed by atoms with Crippen molar-refractivity contribution in [2.75, 3.05) is 20.3 Å². The number of hydrogen-bond acceptors (Lipinski definition) is 6. The smallest absolute Gasteiger partial charge is 0.252 e. The van der Waals surface area contributed by atoms with E-state index in [4.69, 9.17) is 14.7 Å². The van der Waals surface area contributed by atoms with Crippen molar-refractivity contribution >= 4 is 0 Å². The van der Waals surface area contributed by atoms with Gasteiger partial charge in [0.05, 0.1) is 32.0 Å². The molecule has 0 amide bonds. The largest absolute Gasteiger partial charge is 0.389 e. The summed E-state index contributed by atoms with van der Waals surface area (Å²) in [6, 6.07) is 1.82. The molecular formula is C10H16N4O3. The molecule has 2 unspecified atom stereocenters. The molecule has 0 aliphatic heterocycles. The number of nitriles is 1. The van der Waals surface area contributed by atoms with E-state index in [0.29, 0.717) is 6.61 Å². The summed E-state index contributed by atoms with van der Waals surface area (Å²) in [6.07, 6.45) is 0.642. The second-order valence-electron chi connectivity index (χ2n) is 3.66. The van der Waals surface area contributed by atoms with Gasteiger partial charge in [-0.15, -0.1) is 5.10 Å². The number of nitrogens with zero attached hydrogens (tertiary/aromatic N) is 4. The lowest BCUT2D eigenvalue weighted by Gasteiger charge is -2.15. The molecule has 0 saturated heterocycles. The third-order valence-corrected chi connectivity index (χ3v) is 2.01. The Morgan fingerprint density at radius 2 is 2.35 bits per heavy atom. The van der Waals surface area contributed by atoms with Gasteiger partial charge in [-0.2, -0.15) is 5.26 Å².